The Balaban J connectivity index is 0.000000396. The molecule has 11 heteroatoms. The van der Waals surface area contributed by atoms with Gasteiger partial charge in [-0.3, -0.25) is 9.69 Å². The predicted octanol–water partition coefficient (Wildman–Crippen LogP) is 2.14. The maximum atomic E-state index is 11.5. The highest BCUT2D eigenvalue weighted by atomic mass is 19.4. The van der Waals surface area contributed by atoms with E-state index >= 15 is 0 Å². The molecule has 0 saturated carbocycles. The summed E-state index contributed by atoms with van der Waals surface area (Å²) in [6, 6.07) is 4.43. The molecule has 3 heterocycles. The Kier molecular flexibility index (Phi) is 8.68. The number of carboxylic acid groups (broad SMARTS) is 1. The SMILES string of the molecule is CN(C)C(=O)COC[C@H]1CC[C@@H]2[C@@H](CCN2Cc2ccco2)O1.O=C(O)C(F)(F)F. The molecule has 2 saturated heterocycles. The summed E-state index contributed by atoms with van der Waals surface area (Å²) in [6.07, 6.45) is 0.167. The molecule has 1 aromatic heterocycles. The first-order valence-electron chi connectivity index (χ1n) is 9.57. The van der Waals surface area contributed by atoms with Crippen molar-refractivity contribution in [3.8, 4) is 0 Å². The van der Waals surface area contributed by atoms with E-state index in [1.807, 2.05) is 12.1 Å². The molecule has 0 radical (unpaired) electrons. The second kappa shape index (κ2) is 10.8. The Morgan fingerprint density at radius 3 is 2.57 bits per heavy atom. The fraction of sp³-hybridized carbons (Fsp3) is 0.684. The number of carboxylic acids is 1. The standard InChI is InChI=1S/C17H26N2O4.C2HF3O2/c1-18(2)17(20)12-21-11-14-5-6-15-16(23-14)7-8-19(15)10-13-4-3-9-22-13;3-2(4,5)1(6)7/h3-4,9,14-16H,5-8,10-12H2,1-2H3;(H,6,7)/t14-,15-,16-;/m1./s1. The van der Waals surface area contributed by atoms with E-state index < -0.39 is 12.1 Å². The summed E-state index contributed by atoms with van der Waals surface area (Å²) in [5, 5.41) is 7.12. The third kappa shape index (κ3) is 7.29. The molecular weight excluding hydrogens is 409 g/mol. The Bertz CT molecular complexity index is 680. The number of hydrogen-bond acceptors (Lipinski definition) is 6. The van der Waals surface area contributed by atoms with Crippen molar-refractivity contribution in [2.24, 2.45) is 0 Å². The number of likely N-dealkylation sites (N-methyl/N-ethyl adjacent to an activating group) is 1. The number of halogens is 3. The van der Waals surface area contributed by atoms with Gasteiger partial charge in [0.25, 0.3) is 0 Å². The highest BCUT2D eigenvalue weighted by molar-refractivity contribution is 5.76. The minimum atomic E-state index is -5.08. The van der Waals surface area contributed by atoms with E-state index in [0.29, 0.717) is 12.6 Å². The molecule has 0 aliphatic carbocycles. The summed E-state index contributed by atoms with van der Waals surface area (Å²) in [5.41, 5.74) is 0. The van der Waals surface area contributed by atoms with Crippen LogP contribution in [0.5, 0.6) is 0 Å². The van der Waals surface area contributed by atoms with Crippen molar-refractivity contribution in [2.75, 3.05) is 33.9 Å². The predicted molar refractivity (Wildman–Crippen MR) is 98.6 cm³/mol. The van der Waals surface area contributed by atoms with Gasteiger partial charge in [0.05, 0.1) is 31.6 Å². The Hall–Kier alpha value is -2.11. The number of likely N-dealkylation sites (tertiary alicyclic amines) is 1. The van der Waals surface area contributed by atoms with Crippen LogP contribution >= 0.6 is 0 Å². The highest BCUT2D eigenvalue weighted by Crippen LogP contribution is 2.32. The van der Waals surface area contributed by atoms with E-state index in [2.05, 4.69) is 4.90 Å². The van der Waals surface area contributed by atoms with Crippen molar-refractivity contribution in [1.82, 2.24) is 9.80 Å². The number of fused-ring (bicyclic) bond motifs is 1. The largest absolute Gasteiger partial charge is 0.490 e. The van der Waals surface area contributed by atoms with Gasteiger partial charge in [-0.05, 0) is 31.4 Å². The molecule has 170 valence electrons. The maximum Gasteiger partial charge on any atom is 0.490 e. The number of alkyl halides is 3. The number of aliphatic carboxylic acids is 1. The molecule has 1 amide bonds. The van der Waals surface area contributed by atoms with Crippen molar-refractivity contribution in [2.45, 2.75) is 50.2 Å². The fourth-order valence-corrected chi connectivity index (χ4v) is 3.41. The molecule has 0 bridgehead atoms. The summed E-state index contributed by atoms with van der Waals surface area (Å²) in [7, 11) is 3.47. The van der Waals surface area contributed by atoms with E-state index in [-0.39, 0.29) is 24.7 Å². The van der Waals surface area contributed by atoms with Crippen LogP contribution in [-0.4, -0.2) is 85.1 Å². The van der Waals surface area contributed by atoms with Gasteiger partial charge in [-0.1, -0.05) is 0 Å². The monoisotopic (exact) mass is 436 g/mol. The first-order chi connectivity index (χ1) is 14.1. The zero-order valence-corrected chi connectivity index (χ0v) is 16.9. The lowest BCUT2D eigenvalue weighted by Crippen LogP contribution is -2.43. The Morgan fingerprint density at radius 1 is 1.30 bits per heavy atom. The van der Waals surface area contributed by atoms with E-state index in [1.165, 1.54) is 0 Å². The van der Waals surface area contributed by atoms with Gasteiger partial charge in [-0.25, -0.2) is 4.79 Å². The summed E-state index contributed by atoms with van der Waals surface area (Å²) in [5.74, 6) is -1.75. The molecule has 2 aliphatic rings. The fourth-order valence-electron chi connectivity index (χ4n) is 3.41. The smallest absolute Gasteiger partial charge is 0.475 e. The third-order valence-electron chi connectivity index (χ3n) is 4.96. The number of rotatable bonds is 6. The average Bonchev–Trinajstić information content (AvgIpc) is 3.31. The maximum absolute atomic E-state index is 11.5. The Morgan fingerprint density at radius 2 is 2.00 bits per heavy atom. The van der Waals surface area contributed by atoms with Gasteiger partial charge in [-0.15, -0.1) is 0 Å². The summed E-state index contributed by atoms with van der Waals surface area (Å²) < 4.78 is 48.9. The second-order valence-corrected chi connectivity index (χ2v) is 7.39. The average molecular weight is 436 g/mol. The van der Waals surface area contributed by atoms with E-state index in [0.717, 1.165) is 38.1 Å². The van der Waals surface area contributed by atoms with Gasteiger partial charge in [-0.2, -0.15) is 13.2 Å². The second-order valence-electron chi connectivity index (χ2n) is 7.39. The van der Waals surface area contributed by atoms with Gasteiger partial charge in [0, 0.05) is 26.7 Å². The molecule has 30 heavy (non-hydrogen) atoms. The number of carbonyl (C=O) groups is 2. The van der Waals surface area contributed by atoms with Crippen molar-refractivity contribution in [3.05, 3.63) is 24.2 Å². The van der Waals surface area contributed by atoms with Crippen molar-refractivity contribution in [3.63, 3.8) is 0 Å². The molecule has 0 unspecified atom stereocenters. The van der Waals surface area contributed by atoms with E-state index in [4.69, 9.17) is 23.8 Å². The van der Waals surface area contributed by atoms with Crippen LogP contribution in [0, 0.1) is 0 Å². The van der Waals surface area contributed by atoms with Gasteiger partial charge in [0.2, 0.25) is 5.91 Å². The first-order valence-corrected chi connectivity index (χ1v) is 9.57. The third-order valence-corrected chi connectivity index (χ3v) is 4.96. The van der Waals surface area contributed by atoms with Crippen LogP contribution in [0.4, 0.5) is 13.2 Å². The van der Waals surface area contributed by atoms with Gasteiger partial charge in [0.1, 0.15) is 12.4 Å². The summed E-state index contributed by atoms with van der Waals surface area (Å²) >= 11 is 0. The number of carbonyl (C=O) groups excluding carboxylic acids is 1. The number of furan rings is 1. The Labute approximate surface area is 172 Å². The number of nitrogens with zero attached hydrogens (tertiary/aromatic N) is 2. The van der Waals surface area contributed by atoms with Crippen LogP contribution in [0.1, 0.15) is 25.0 Å². The van der Waals surface area contributed by atoms with Gasteiger partial charge in [0.15, 0.2) is 0 Å². The highest BCUT2D eigenvalue weighted by Gasteiger charge is 2.40. The van der Waals surface area contributed by atoms with Gasteiger partial charge >= 0.3 is 12.1 Å². The molecule has 2 aliphatic heterocycles. The lowest BCUT2D eigenvalue weighted by atomic mass is 9.99. The van der Waals surface area contributed by atoms with E-state index in [1.54, 1.807) is 25.3 Å². The van der Waals surface area contributed by atoms with Crippen molar-refractivity contribution < 1.29 is 41.8 Å². The topological polar surface area (TPSA) is 92.5 Å². The lowest BCUT2D eigenvalue weighted by Gasteiger charge is -2.35. The van der Waals surface area contributed by atoms with Crippen LogP contribution in [0.2, 0.25) is 0 Å². The lowest BCUT2D eigenvalue weighted by molar-refractivity contribution is -0.192. The summed E-state index contributed by atoms with van der Waals surface area (Å²) in [6.45, 7) is 2.53. The quantitative estimate of drug-likeness (QED) is 0.730. The van der Waals surface area contributed by atoms with Crippen LogP contribution in [0.15, 0.2) is 22.8 Å². The zero-order valence-electron chi connectivity index (χ0n) is 16.9. The van der Waals surface area contributed by atoms with Crippen molar-refractivity contribution >= 4 is 11.9 Å². The molecule has 0 aromatic carbocycles. The van der Waals surface area contributed by atoms with E-state index in [9.17, 15) is 18.0 Å². The van der Waals surface area contributed by atoms with Crippen LogP contribution in [0.3, 0.4) is 0 Å². The molecule has 3 rings (SSSR count). The zero-order chi connectivity index (χ0) is 22.3. The molecule has 1 aromatic rings. The van der Waals surface area contributed by atoms with Crippen LogP contribution < -0.4 is 0 Å². The molecule has 3 atom stereocenters. The first kappa shape index (κ1) is 24.2. The number of amides is 1. The number of ether oxygens (including phenoxy) is 2. The van der Waals surface area contributed by atoms with Crippen LogP contribution in [0.25, 0.3) is 0 Å². The van der Waals surface area contributed by atoms with Crippen molar-refractivity contribution in [1.29, 1.82) is 0 Å². The summed E-state index contributed by atoms with van der Waals surface area (Å²) in [4.78, 5) is 24.4. The normalized spacial score (nSPS) is 24.0. The number of hydrogen-bond donors (Lipinski definition) is 1. The molecule has 0 spiro atoms. The minimum absolute atomic E-state index is 0.0100. The van der Waals surface area contributed by atoms with Crippen LogP contribution in [-0.2, 0) is 25.6 Å². The van der Waals surface area contributed by atoms with Gasteiger partial charge < -0.3 is 23.9 Å². The minimum Gasteiger partial charge on any atom is -0.475 e. The molecule has 1 N–H and O–H groups in total. The molecule has 2 fully saturated rings. The molecular formula is C19H27F3N2O6. The molecule has 8 nitrogen and oxygen atoms in total.